The van der Waals surface area contributed by atoms with Crippen molar-refractivity contribution >= 4 is 17.7 Å². The smallest absolute Gasteiger partial charge is 0.251 e. The molecule has 0 aliphatic carbocycles. The third kappa shape index (κ3) is 4.20. The molecule has 0 bridgehead atoms. The van der Waals surface area contributed by atoms with E-state index in [4.69, 9.17) is 0 Å². The first kappa shape index (κ1) is 15.3. The average Bonchev–Trinajstić information content (AvgIpc) is 3.14. The van der Waals surface area contributed by atoms with Gasteiger partial charge in [-0.2, -0.15) is 5.10 Å². The van der Waals surface area contributed by atoms with Crippen molar-refractivity contribution in [3.05, 3.63) is 72.8 Å². The first-order valence-electron chi connectivity index (χ1n) is 7.24. The largest absolute Gasteiger partial charge is 0.351 e. The van der Waals surface area contributed by atoms with Crippen molar-refractivity contribution in [3.63, 3.8) is 0 Å². The number of hydrogen-bond donors (Lipinski definition) is 1. The maximum atomic E-state index is 12.1. The predicted octanol–water partition coefficient (Wildman–Crippen LogP) is 2.79. The van der Waals surface area contributed by atoms with Gasteiger partial charge in [0.15, 0.2) is 0 Å². The lowest BCUT2D eigenvalue weighted by molar-refractivity contribution is 0.0956. The van der Waals surface area contributed by atoms with Gasteiger partial charge in [-0.25, -0.2) is 9.67 Å². The number of rotatable bonds is 6. The van der Waals surface area contributed by atoms with Gasteiger partial charge in [0.1, 0.15) is 12.7 Å². The Morgan fingerprint density at radius 1 is 1.09 bits per heavy atom. The Bertz CT molecular complexity index is 742. The number of nitrogens with zero attached hydrogens (tertiary/aromatic N) is 3. The topological polar surface area (TPSA) is 59.8 Å². The molecule has 0 spiro atoms. The first-order chi connectivity index (χ1) is 11.3. The summed E-state index contributed by atoms with van der Waals surface area (Å²) in [5.41, 5.74) is 1.51. The van der Waals surface area contributed by atoms with Crippen LogP contribution in [0.3, 0.4) is 0 Å². The first-order valence-corrected chi connectivity index (χ1v) is 8.22. The monoisotopic (exact) mass is 324 g/mol. The average molecular weight is 324 g/mol. The Morgan fingerprint density at radius 2 is 1.87 bits per heavy atom. The molecule has 0 atom stereocenters. The molecule has 6 heteroatoms. The minimum atomic E-state index is -0.0659. The zero-order valence-electron chi connectivity index (χ0n) is 12.4. The van der Waals surface area contributed by atoms with Crippen LogP contribution >= 0.6 is 11.8 Å². The van der Waals surface area contributed by atoms with E-state index in [1.165, 1.54) is 11.2 Å². The lowest BCUT2D eigenvalue weighted by Crippen LogP contribution is -2.25. The summed E-state index contributed by atoms with van der Waals surface area (Å²) in [7, 11) is 0. The summed E-state index contributed by atoms with van der Waals surface area (Å²) in [5.74, 6) is 0.774. The highest BCUT2D eigenvalue weighted by Gasteiger charge is 2.05. The quantitative estimate of drug-likeness (QED) is 0.559. The Hall–Kier alpha value is -2.60. The minimum absolute atomic E-state index is 0.0659. The van der Waals surface area contributed by atoms with Gasteiger partial charge in [-0.15, -0.1) is 11.8 Å². The van der Waals surface area contributed by atoms with Crippen molar-refractivity contribution in [1.82, 2.24) is 20.1 Å². The zero-order chi connectivity index (χ0) is 15.9. The highest BCUT2D eigenvalue weighted by atomic mass is 32.2. The molecule has 3 rings (SSSR count). The molecule has 23 heavy (non-hydrogen) atoms. The summed E-state index contributed by atoms with van der Waals surface area (Å²) >= 11 is 1.73. The fourth-order valence-electron chi connectivity index (χ4n) is 2.06. The van der Waals surface area contributed by atoms with Crippen LogP contribution in [-0.2, 0) is 0 Å². The van der Waals surface area contributed by atoms with Gasteiger partial charge in [-0.05, 0) is 36.4 Å². The van der Waals surface area contributed by atoms with Crippen LogP contribution in [0.2, 0.25) is 0 Å². The molecule has 0 radical (unpaired) electrons. The molecular weight excluding hydrogens is 308 g/mol. The molecule has 2 aromatic carbocycles. The maximum Gasteiger partial charge on any atom is 0.251 e. The van der Waals surface area contributed by atoms with Gasteiger partial charge in [0.2, 0.25) is 0 Å². The van der Waals surface area contributed by atoms with Crippen LogP contribution < -0.4 is 5.32 Å². The van der Waals surface area contributed by atoms with Gasteiger partial charge in [-0.1, -0.05) is 18.2 Å². The second-order valence-corrected chi connectivity index (χ2v) is 5.97. The van der Waals surface area contributed by atoms with Gasteiger partial charge >= 0.3 is 0 Å². The van der Waals surface area contributed by atoms with E-state index in [1.807, 2.05) is 30.3 Å². The van der Waals surface area contributed by atoms with Crippen LogP contribution in [0.1, 0.15) is 10.4 Å². The number of amides is 1. The van der Waals surface area contributed by atoms with Crippen molar-refractivity contribution in [3.8, 4) is 5.69 Å². The third-order valence-corrected chi connectivity index (χ3v) is 4.23. The van der Waals surface area contributed by atoms with E-state index in [1.54, 1.807) is 34.9 Å². The van der Waals surface area contributed by atoms with E-state index in [9.17, 15) is 4.79 Å². The van der Waals surface area contributed by atoms with Crippen LogP contribution in [0.5, 0.6) is 0 Å². The van der Waals surface area contributed by atoms with Crippen LogP contribution in [0, 0.1) is 0 Å². The molecule has 1 heterocycles. The van der Waals surface area contributed by atoms with E-state index >= 15 is 0 Å². The molecular formula is C17H16N4OS. The fourth-order valence-corrected chi connectivity index (χ4v) is 2.85. The Kier molecular flexibility index (Phi) is 5.06. The lowest BCUT2D eigenvalue weighted by Gasteiger charge is -2.06. The van der Waals surface area contributed by atoms with Gasteiger partial charge < -0.3 is 5.32 Å². The van der Waals surface area contributed by atoms with Crippen molar-refractivity contribution in [2.75, 3.05) is 12.3 Å². The second kappa shape index (κ2) is 7.60. The molecule has 3 aromatic rings. The molecule has 0 fully saturated rings. The van der Waals surface area contributed by atoms with E-state index in [0.717, 1.165) is 11.4 Å². The van der Waals surface area contributed by atoms with Crippen LogP contribution in [-0.4, -0.2) is 33.0 Å². The van der Waals surface area contributed by atoms with Crippen molar-refractivity contribution in [2.24, 2.45) is 0 Å². The van der Waals surface area contributed by atoms with Gasteiger partial charge in [0.25, 0.3) is 5.91 Å². The highest BCUT2D eigenvalue weighted by Crippen LogP contribution is 2.15. The SMILES string of the molecule is O=C(NCCSc1ccccc1)c1ccc(-n2cncn2)cc1. The Labute approximate surface area is 138 Å². The molecule has 5 nitrogen and oxygen atoms in total. The number of benzene rings is 2. The number of hydrogen-bond acceptors (Lipinski definition) is 4. The molecule has 0 saturated heterocycles. The summed E-state index contributed by atoms with van der Waals surface area (Å²) in [6.45, 7) is 0.628. The summed E-state index contributed by atoms with van der Waals surface area (Å²) < 4.78 is 1.65. The Morgan fingerprint density at radius 3 is 2.57 bits per heavy atom. The number of aromatic nitrogens is 3. The van der Waals surface area contributed by atoms with Crippen LogP contribution in [0.4, 0.5) is 0 Å². The molecule has 1 aromatic heterocycles. The molecule has 0 saturated carbocycles. The summed E-state index contributed by atoms with van der Waals surface area (Å²) in [4.78, 5) is 17.2. The molecule has 0 aliphatic rings. The molecule has 116 valence electrons. The summed E-state index contributed by atoms with van der Waals surface area (Å²) in [6.07, 6.45) is 3.10. The molecule has 0 unspecified atom stereocenters. The second-order valence-electron chi connectivity index (χ2n) is 4.80. The molecule has 1 amide bonds. The van der Waals surface area contributed by atoms with E-state index in [0.29, 0.717) is 12.1 Å². The number of thioether (sulfide) groups is 1. The van der Waals surface area contributed by atoms with Crippen LogP contribution in [0.15, 0.2) is 72.1 Å². The third-order valence-electron chi connectivity index (χ3n) is 3.21. The summed E-state index contributed by atoms with van der Waals surface area (Å²) in [5, 5.41) is 6.98. The number of nitrogens with one attached hydrogen (secondary N) is 1. The maximum absolute atomic E-state index is 12.1. The normalized spacial score (nSPS) is 10.4. The van der Waals surface area contributed by atoms with Crippen molar-refractivity contribution in [1.29, 1.82) is 0 Å². The van der Waals surface area contributed by atoms with E-state index in [2.05, 4.69) is 27.5 Å². The van der Waals surface area contributed by atoms with E-state index in [-0.39, 0.29) is 5.91 Å². The lowest BCUT2D eigenvalue weighted by atomic mass is 10.2. The molecule has 0 aliphatic heterocycles. The minimum Gasteiger partial charge on any atom is -0.351 e. The summed E-state index contributed by atoms with van der Waals surface area (Å²) in [6, 6.07) is 17.4. The number of carbonyl (C=O) groups is 1. The van der Waals surface area contributed by atoms with Gasteiger partial charge in [0, 0.05) is 22.8 Å². The predicted molar refractivity (Wildman–Crippen MR) is 90.9 cm³/mol. The van der Waals surface area contributed by atoms with E-state index < -0.39 is 0 Å². The molecule has 1 N–H and O–H groups in total. The van der Waals surface area contributed by atoms with Crippen molar-refractivity contribution < 1.29 is 4.79 Å². The number of carbonyl (C=O) groups excluding carboxylic acids is 1. The standard InChI is InChI=1S/C17H16N4OS/c22-17(19-10-11-23-16-4-2-1-3-5-16)14-6-8-15(9-7-14)21-13-18-12-20-21/h1-9,12-13H,10-11H2,(H,19,22). The van der Waals surface area contributed by atoms with Crippen LogP contribution in [0.25, 0.3) is 5.69 Å². The van der Waals surface area contributed by atoms with Gasteiger partial charge in [0.05, 0.1) is 5.69 Å². The highest BCUT2D eigenvalue weighted by molar-refractivity contribution is 7.99. The van der Waals surface area contributed by atoms with Crippen molar-refractivity contribution in [2.45, 2.75) is 4.90 Å². The van der Waals surface area contributed by atoms with Gasteiger partial charge in [-0.3, -0.25) is 4.79 Å². The Balaban J connectivity index is 1.48. The zero-order valence-corrected chi connectivity index (χ0v) is 13.2. The fraction of sp³-hybridized carbons (Fsp3) is 0.118.